The van der Waals surface area contributed by atoms with Crippen molar-refractivity contribution in [3.63, 3.8) is 0 Å². The lowest BCUT2D eigenvalue weighted by Crippen LogP contribution is -2.22. The second-order valence-corrected chi connectivity index (χ2v) is 4.87. The first-order chi connectivity index (χ1) is 7.34. The number of rotatable bonds is 1. The van der Waals surface area contributed by atoms with Crippen molar-refractivity contribution in [3.8, 4) is 0 Å². The fraction of sp³-hybridized carbons (Fsp3) is 0.500. The van der Waals surface area contributed by atoms with Crippen LogP contribution in [-0.4, -0.2) is 12.6 Å². The Morgan fingerprint density at radius 3 is 2.87 bits per heavy atom. The molecule has 0 spiro atoms. The van der Waals surface area contributed by atoms with Crippen LogP contribution in [0.4, 0.5) is 11.4 Å². The van der Waals surface area contributed by atoms with E-state index in [9.17, 15) is 0 Å². The van der Waals surface area contributed by atoms with Gasteiger partial charge in [-0.3, -0.25) is 0 Å². The van der Waals surface area contributed by atoms with Gasteiger partial charge in [-0.25, -0.2) is 0 Å². The molecule has 0 bridgehead atoms. The monoisotopic (exact) mass is 222 g/mol. The van der Waals surface area contributed by atoms with Gasteiger partial charge in [0.05, 0.1) is 16.4 Å². The molecule has 1 aromatic rings. The summed E-state index contributed by atoms with van der Waals surface area (Å²) in [6, 6.07) is 6.64. The Balaban J connectivity index is 1.92. The summed E-state index contributed by atoms with van der Waals surface area (Å²) in [6.07, 6.45) is 3.94. The number of fused-ring (bicyclic) bond motifs is 1. The van der Waals surface area contributed by atoms with Crippen LogP contribution in [0, 0.1) is 5.92 Å². The van der Waals surface area contributed by atoms with E-state index in [0.29, 0.717) is 6.04 Å². The predicted molar refractivity (Wildman–Crippen MR) is 64.7 cm³/mol. The standard InChI is InChI=1S/C12H15ClN2/c13-9-2-1-3-11-12(9)15-10(6-7-14-11)8-4-5-8/h1-3,8,10,14-15H,4-7H2. The van der Waals surface area contributed by atoms with Crippen molar-refractivity contribution in [1.29, 1.82) is 0 Å². The molecule has 0 saturated heterocycles. The van der Waals surface area contributed by atoms with Crippen molar-refractivity contribution >= 4 is 23.0 Å². The van der Waals surface area contributed by atoms with E-state index in [1.54, 1.807) is 0 Å². The van der Waals surface area contributed by atoms with Gasteiger partial charge in [0.2, 0.25) is 0 Å². The van der Waals surface area contributed by atoms with E-state index in [4.69, 9.17) is 11.6 Å². The molecular weight excluding hydrogens is 208 g/mol. The highest BCUT2D eigenvalue weighted by molar-refractivity contribution is 6.34. The van der Waals surface area contributed by atoms with Gasteiger partial charge in [-0.2, -0.15) is 0 Å². The molecule has 1 saturated carbocycles. The van der Waals surface area contributed by atoms with E-state index >= 15 is 0 Å². The Bertz CT molecular complexity index is 374. The van der Waals surface area contributed by atoms with Gasteiger partial charge >= 0.3 is 0 Å². The highest BCUT2D eigenvalue weighted by Gasteiger charge is 2.32. The maximum atomic E-state index is 6.20. The summed E-state index contributed by atoms with van der Waals surface area (Å²) >= 11 is 6.20. The van der Waals surface area contributed by atoms with E-state index in [0.717, 1.165) is 28.9 Å². The van der Waals surface area contributed by atoms with Gasteiger partial charge in [0.25, 0.3) is 0 Å². The van der Waals surface area contributed by atoms with Crippen molar-refractivity contribution in [3.05, 3.63) is 23.2 Å². The van der Waals surface area contributed by atoms with E-state index in [2.05, 4.69) is 16.7 Å². The number of para-hydroxylation sites is 1. The third-order valence-corrected chi connectivity index (χ3v) is 3.62. The molecule has 1 heterocycles. The van der Waals surface area contributed by atoms with Crippen molar-refractivity contribution < 1.29 is 0 Å². The molecule has 1 atom stereocenters. The molecule has 15 heavy (non-hydrogen) atoms. The van der Waals surface area contributed by atoms with Crippen LogP contribution in [0.15, 0.2) is 18.2 Å². The normalized spacial score (nSPS) is 24.7. The molecule has 80 valence electrons. The number of hydrogen-bond donors (Lipinski definition) is 2. The van der Waals surface area contributed by atoms with Gasteiger partial charge in [-0.05, 0) is 37.3 Å². The van der Waals surface area contributed by atoms with E-state index in [-0.39, 0.29) is 0 Å². The first-order valence-electron chi connectivity index (χ1n) is 5.63. The van der Waals surface area contributed by atoms with Gasteiger partial charge in [-0.1, -0.05) is 17.7 Å². The second-order valence-electron chi connectivity index (χ2n) is 4.47. The van der Waals surface area contributed by atoms with Crippen molar-refractivity contribution in [2.75, 3.05) is 17.2 Å². The minimum Gasteiger partial charge on any atom is -0.383 e. The average Bonchev–Trinajstić information content (AvgIpc) is 3.04. The quantitative estimate of drug-likeness (QED) is 0.762. The molecule has 1 fully saturated rings. The van der Waals surface area contributed by atoms with Crippen LogP contribution in [0.1, 0.15) is 19.3 Å². The Morgan fingerprint density at radius 2 is 2.07 bits per heavy atom. The highest BCUT2D eigenvalue weighted by atomic mass is 35.5. The SMILES string of the molecule is Clc1cccc2c1NC(C1CC1)CCN2. The molecule has 3 rings (SSSR count). The van der Waals surface area contributed by atoms with Crippen LogP contribution >= 0.6 is 11.6 Å². The summed E-state index contributed by atoms with van der Waals surface area (Å²) in [5.41, 5.74) is 2.24. The van der Waals surface area contributed by atoms with Crippen molar-refractivity contribution in [2.45, 2.75) is 25.3 Å². The molecule has 3 heteroatoms. The minimum absolute atomic E-state index is 0.610. The summed E-state index contributed by atoms with van der Waals surface area (Å²) in [4.78, 5) is 0. The third kappa shape index (κ3) is 1.78. The molecule has 2 aliphatic rings. The zero-order valence-electron chi connectivity index (χ0n) is 8.59. The Morgan fingerprint density at radius 1 is 1.20 bits per heavy atom. The van der Waals surface area contributed by atoms with Gasteiger partial charge in [0.15, 0.2) is 0 Å². The minimum atomic E-state index is 0.610. The van der Waals surface area contributed by atoms with Gasteiger partial charge < -0.3 is 10.6 Å². The van der Waals surface area contributed by atoms with Crippen molar-refractivity contribution in [2.24, 2.45) is 5.92 Å². The van der Waals surface area contributed by atoms with Crippen molar-refractivity contribution in [1.82, 2.24) is 0 Å². The molecule has 1 unspecified atom stereocenters. The Labute approximate surface area is 95.0 Å². The number of hydrogen-bond acceptors (Lipinski definition) is 2. The van der Waals surface area contributed by atoms with Gasteiger partial charge in [-0.15, -0.1) is 0 Å². The smallest absolute Gasteiger partial charge is 0.0767 e. The molecule has 0 radical (unpaired) electrons. The number of anilines is 2. The summed E-state index contributed by atoms with van der Waals surface area (Å²) < 4.78 is 0. The number of benzene rings is 1. The van der Waals surface area contributed by atoms with E-state index in [1.807, 2.05) is 12.1 Å². The Kier molecular flexibility index (Phi) is 2.24. The zero-order chi connectivity index (χ0) is 10.3. The maximum Gasteiger partial charge on any atom is 0.0767 e. The summed E-state index contributed by atoms with van der Waals surface area (Å²) in [5, 5.41) is 7.85. The topological polar surface area (TPSA) is 24.1 Å². The fourth-order valence-corrected chi connectivity index (χ4v) is 2.52. The predicted octanol–water partition coefficient (Wildman–Crippen LogP) is 3.35. The lowest BCUT2D eigenvalue weighted by atomic mass is 10.1. The average molecular weight is 223 g/mol. The van der Waals surface area contributed by atoms with Crippen LogP contribution in [0.25, 0.3) is 0 Å². The first kappa shape index (κ1) is 9.34. The fourth-order valence-electron chi connectivity index (χ4n) is 2.29. The van der Waals surface area contributed by atoms with Crippen LogP contribution < -0.4 is 10.6 Å². The number of halogens is 1. The second kappa shape index (κ2) is 3.60. The van der Waals surface area contributed by atoms with Gasteiger partial charge in [0, 0.05) is 12.6 Å². The molecule has 1 aliphatic heterocycles. The van der Waals surface area contributed by atoms with Crippen LogP contribution in [-0.2, 0) is 0 Å². The summed E-state index contributed by atoms with van der Waals surface area (Å²) in [6.45, 7) is 1.04. The summed E-state index contributed by atoms with van der Waals surface area (Å²) in [5.74, 6) is 0.869. The largest absolute Gasteiger partial charge is 0.383 e. The molecule has 2 N–H and O–H groups in total. The van der Waals surface area contributed by atoms with Crippen LogP contribution in [0.2, 0.25) is 5.02 Å². The molecule has 1 aliphatic carbocycles. The first-order valence-corrected chi connectivity index (χ1v) is 6.01. The molecule has 2 nitrogen and oxygen atoms in total. The third-order valence-electron chi connectivity index (χ3n) is 3.31. The van der Waals surface area contributed by atoms with E-state index < -0.39 is 0 Å². The summed E-state index contributed by atoms with van der Waals surface area (Å²) in [7, 11) is 0. The van der Waals surface area contributed by atoms with Gasteiger partial charge in [0.1, 0.15) is 0 Å². The molecule has 1 aromatic carbocycles. The van der Waals surface area contributed by atoms with E-state index in [1.165, 1.54) is 19.3 Å². The maximum absolute atomic E-state index is 6.20. The Hall–Kier alpha value is -0.890. The van der Waals surface area contributed by atoms with Crippen LogP contribution in [0.5, 0.6) is 0 Å². The highest BCUT2D eigenvalue weighted by Crippen LogP contribution is 2.40. The molecular formula is C12H15ClN2. The lowest BCUT2D eigenvalue weighted by Gasteiger charge is -2.17. The lowest BCUT2D eigenvalue weighted by molar-refractivity contribution is 0.609. The number of nitrogens with one attached hydrogen (secondary N) is 2. The molecule has 0 aromatic heterocycles. The van der Waals surface area contributed by atoms with Crippen LogP contribution in [0.3, 0.4) is 0 Å². The zero-order valence-corrected chi connectivity index (χ0v) is 9.35. The molecule has 0 amide bonds.